The van der Waals surface area contributed by atoms with Crippen LogP contribution in [0, 0.1) is 11.7 Å². The first-order valence-electron chi connectivity index (χ1n) is 9.90. The molecule has 1 atom stereocenters. The number of ether oxygens (including phenoxy) is 2. The number of nitrogens with zero attached hydrogens (tertiary/aromatic N) is 2. The second-order valence-electron chi connectivity index (χ2n) is 6.81. The molecule has 3 rings (SSSR count). The van der Waals surface area contributed by atoms with E-state index >= 15 is 0 Å². The van der Waals surface area contributed by atoms with E-state index in [4.69, 9.17) is 9.47 Å². The van der Waals surface area contributed by atoms with Gasteiger partial charge in [-0.2, -0.15) is 5.10 Å². The summed E-state index contributed by atoms with van der Waals surface area (Å²) in [5, 5.41) is 4.02. The Kier molecular flexibility index (Phi) is 7.62. The highest BCUT2D eigenvalue weighted by atomic mass is 79.9. The van der Waals surface area contributed by atoms with Gasteiger partial charge in [0.05, 0.1) is 29.8 Å². The number of benzene rings is 2. The van der Waals surface area contributed by atoms with Crippen LogP contribution in [0.5, 0.6) is 11.5 Å². The zero-order valence-corrected chi connectivity index (χ0v) is 18.8. The zero-order chi connectivity index (χ0) is 22.4. The van der Waals surface area contributed by atoms with Crippen molar-refractivity contribution in [3.05, 3.63) is 52.3 Å². The molecule has 0 aromatic heterocycles. The molecule has 0 saturated carbocycles. The fourth-order valence-electron chi connectivity index (χ4n) is 3.23. The fourth-order valence-corrected chi connectivity index (χ4v) is 3.80. The van der Waals surface area contributed by atoms with Crippen LogP contribution in [0.4, 0.5) is 10.1 Å². The number of carbonyl (C=O) groups excluding carboxylic acids is 2. The normalized spacial score (nSPS) is 16.1. The number of nitrogens with one attached hydrogen (secondary N) is 1. The summed E-state index contributed by atoms with van der Waals surface area (Å²) in [6.45, 7) is 4.96. The fraction of sp³-hybridized carbons (Fsp3) is 0.318. The van der Waals surface area contributed by atoms with Gasteiger partial charge in [0, 0.05) is 18.7 Å². The molecule has 2 amide bonds. The van der Waals surface area contributed by atoms with Crippen LogP contribution in [0.15, 0.2) is 46.0 Å². The van der Waals surface area contributed by atoms with Gasteiger partial charge in [-0.1, -0.05) is 0 Å². The molecule has 0 unspecified atom stereocenters. The minimum atomic E-state index is -0.541. The summed E-state index contributed by atoms with van der Waals surface area (Å²) >= 11 is 3.46. The minimum absolute atomic E-state index is 0.0712. The number of hydrogen-bond donors (Lipinski definition) is 1. The van der Waals surface area contributed by atoms with Crippen molar-refractivity contribution >= 4 is 39.6 Å². The predicted octanol–water partition coefficient (Wildman–Crippen LogP) is 3.89. The van der Waals surface area contributed by atoms with Gasteiger partial charge < -0.3 is 14.4 Å². The first kappa shape index (κ1) is 22.7. The number of hydrazone groups is 1. The van der Waals surface area contributed by atoms with E-state index in [1.165, 1.54) is 35.4 Å². The average molecular weight is 492 g/mol. The van der Waals surface area contributed by atoms with Gasteiger partial charge in [-0.25, -0.2) is 9.82 Å². The Balaban J connectivity index is 1.64. The Hall–Kier alpha value is -2.94. The molecule has 1 N–H and O–H groups in total. The van der Waals surface area contributed by atoms with E-state index in [0.29, 0.717) is 40.4 Å². The summed E-state index contributed by atoms with van der Waals surface area (Å²) in [6.07, 6.45) is 1.57. The van der Waals surface area contributed by atoms with Crippen LogP contribution in [0.1, 0.15) is 25.8 Å². The van der Waals surface area contributed by atoms with Crippen molar-refractivity contribution in [1.82, 2.24) is 5.43 Å². The Bertz CT molecular complexity index is 981. The predicted molar refractivity (Wildman–Crippen MR) is 119 cm³/mol. The molecule has 9 heteroatoms. The smallest absolute Gasteiger partial charge is 0.245 e. The first-order valence-corrected chi connectivity index (χ1v) is 10.7. The molecule has 0 bridgehead atoms. The summed E-state index contributed by atoms with van der Waals surface area (Å²) < 4.78 is 25.0. The van der Waals surface area contributed by atoms with Crippen molar-refractivity contribution in [3.8, 4) is 11.5 Å². The van der Waals surface area contributed by atoms with Crippen molar-refractivity contribution in [2.45, 2.75) is 20.3 Å². The monoisotopic (exact) mass is 491 g/mol. The maximum atomic E-state index is 13.1. The molecule has 0 spiro atoms. The SMILES string of the molecule is CCOc1cc(/C=N\NC(=O)[C@H]2CC(=O)N(c3ccc(F)cc3)C2)cc(Br)c1OCC. The molecule has 7 nitrogen and oxygen atoms in total. The second-order valence-corrected chi connectivity index (χ2v) is 7.67. The Morgan fingerprint density at radius 3 is 2.65 bits per heavy atom. The van der Waals surface area contributed by atoms with Crippen LogP contribution >= 0.6 is 15.9 Å². The second kappa shape index (κ2) is 10.4. The highest BCUT2D eigenvalue weighted by molar-refractivity contribution is 9.10. The van der Waals surface area contributed by atoms with Gasteiger partial charge in [0.1, 0.15) is 5.82 Å². The van der Waals surface area contributed by atoms with Gasteiger partial charge in [-0.15, -0.1) is 0 Å². The van der Waals surface area contributed by atoms with Gasteiger partial charge in [0.15, 0.2) is 11.5 Å². The average Bonchev–Trinajstić information content (AvgIpc) is 3.13. The molecule has 31 heavy (non-hydrogen) atoms. The summed E-state index contributed by atoms with van der Waals surface area (Å²) in [4.78, 5) is 26.2. The minimum Gasteiger partial charge on any atom is -0.490 e. The molecule has 2 aromatic carbocycles. The van der Waals surface area contributed by atoms with Crippen LogP contribution in [0.3, 0.4) is 0 Å². The van der Waals surface area contributed by atoms with Gasteiger partial charge in [0.2, 0.25) is 11.8 Å². The van der Waals surface area contributed by atoms with Gasteiger partial charge in [-0.3, -0.25) is 9.59 Å². The lowest BCUT2D eigenvalue weighted by atomic mass is 10.1. The molecule has 1 saturated heterocycles. The van der Waals surface area contributed by atoms with Crippen molar-refractivity contribution in [1.29, 1.82) is 0 Å². The molecular weight excluding hydrogens is 469 g/mol. The van der Waals surface area contributed by atoms with Crippen LogP contribution in [-0.2, 0) is 9.59 Å². The highest BCUT2D eigenvalue weighted by Crippen LogP contribution is 2.36. The van der Waals surface area contributed by atoms with Crippen molar-refractivity contribution < 1.29 is 23.5 Å². The number of amides is 2. The third-order valence-electron chi connectivity index (χ3n) is 4.64. The maximum Gasteiger partial charge on any atom is 0.245 e. The topological polar surface area (TPSA) is 80.2 Å². The van der Waals surface area contributed by atoms with E-state index < -0.39 is 5.92 Å². The summed E-state index contributed by atoms with van der Waals surface area (Å²) in [6, 6.07) is 9.18. The van der Waals surface area contributed by atoms with Crippen LogP contribution in [-0.4, -0.2) is 37.8 Å². The van der Waals surface area contributed by atoms with Crippen molar-refractivity contribution in [3.63, 3.8) is 0 Å². The third-order valence-corrected chi connectivity index (χ3v) is 5.23. The van der Waals surface area contributed by atoms with E-state index in [-0.39, 0.29) is 30.6 Å². The van der Waals surface area contributed by atoms with Crippen LogP contribution in [0.2, 0.25) is 0 Å². The molecular formula is C22H23BrFN3O4. The van der Waals surface area contributed by atoms with Gasteiger partial charge in [-0.05, 0) is 71.7 Å². The zero-order valence-electron chi connectivity index (χ0n) is 17.2. The summed E-state index contributed by atoms with van der Waals surface area (Å²) in [7, 11) is 0. The van der Waals surface area contributed by atoms with E-state index in [1.807, 2.05) is 13.8 Å². The van der Waals surface area contributed by atoms with Crippen molar-refractivity contribution in [2.24, 2.45) is 11.0 Å². The Morgan fingerprint density at radius 1 is 1.26 bits per heavy atom. The molecule has 164 valence electrons. The standard InChI is InChI=1S/C22H23BrFN3O4/c1-3-30-19-10-14(9-18(23)21(19)31-4-2)12-25-26-22(29)15-11-20(28)27(13-15)17-7-5-16(24)6-8-17/h5-10,12,15H,3-4,11,13H2,1-2H3,(H,26,29)/b25-12-/t15-/m0/s1. The Morgan fingerprint density at radius 2 is 1.97 bits per heavy atom. The van der Waals surface area contributed by atoms with Gasteiger partial charge >= 0.3 is 0 Å². The van der Waals surface area contributed by atoms with Gasteiger partial charge in [0.25, 0.3) is 0 Å². The number of anilines is 1. The first-order chi connectivity index (χ1) is 14.9. The van der Waals surface area contributed by atoms with E-state index in [9.17, 15) is 14.0 Å². The highest BCUT2D eigenvalue weighted by Gasteiger charge is 2.35. The number of hydrogen-bond acceptors (Lipinski definition) is 5. The molecule has 2 aromatic rings. The molecule has 1 aliphatic rings. The molecule has 1 heterocycles. The van der Waals surface area contributed by atoms with Crippen molar-refractivity contribution in [2.75, 3.05) is 24.7 Å². The van der Waals surface area contributed by atoms with Crippen LogP contribution in [0.25, 0.3) is 0 Å². The summed E-state index contributed by atoms with van der Waals surface area (Å²) in [5.74, 6) is -0.288. The molecule has 0 aliphatic carbocycles. The maximum absolute atomic E-state index is 13.1. The third kappa shape index (κ3) is 5.61. The molecule has 1 aliphatic heterocycles. The van der Waals surface area contributed by atoms with E-state index in [0.717, 1.165) is 0 Å². The molecule has 0 radical (unpaired) electrons. The Labute approximate surface area is 188 Å². The lowest BCUT2D eigenvalue weighted by molar-refractivity contribution is -0.126. The van der Waals surface area contributed by atoms with Crippen LogP contribution < -0.4 is 19.8 Å². The lowest BCUT2D eigenvalue weighted by Crippen LogP contribution is -2.30. The van der Waals surface area contributed by atoms with E-state index in [2.05, 4.69) is 26.5 Å². The largest absolute Gasteiger partial charge is 0.490 e. The quantitative estimate of drug-likeness (QED) is 0.448. The number of rotatable bonds is 8. The molecule has 1 fully saturated rings. The number of halogens is 2. The number of carbonyl (C=O) groups is 2. The lowest BCUT2D eigenvalue weighted by Gasteiger charge is -2.16. The van der Waals surface area contributed by atoms with E-state index in [1.54, 1.807) is 12.1 Å². The summed E-state index contributed by atoms with van der Waals surface area (Å²) in [5.41, 5.74) is 3.76.